The van der Waals surface area contributed by atoms with Gasteiger partial charge < -0.3 is 0 Å². The molecule has 5 heteroatoms. The van der Waals surface area contributed by atoms with E-state index in [4.69, 9.17) is 0 Å². The summed E-state index contributed by atoms with van der Waals surface area (Å²) in [7, 11) is 0. The largest absolute Gasteiger partial charge is 0.300 e. The lowest BCUT2D eigenvalue weighted by molar-refractivity contribution is 0.406. The fourth-order valence-corrected chi connectivity index (χ4v) is 3.31. The van der Waals surface area contributed by atoms with E-state index in [0.717, 1.165) is 42.3 Å². The Morgan fingerprint density at radius 3 is 3.00 bits per heavy atom. The Morgan fingerprint density at radius 1 is 1.56 bits per heavy atom. The molecule has 100 valence electrons. The van der Waals surface area contributed by atoms with Crippen molar-refractivity contribution in [2.24, 2.45) is 0 Å². The first-order valence-electron chi connectivity index (χ1n) is 6.39. The topological polar surface area (TPSA) is 48.7 Å². The van der Waals surface area contributed by atoms with Gasteiger partial charge in [0.15, 0.2) is 0 Å². The van der Waals surface area contributed by atoms with Gasteiger partial charge in [-0.05, 0) is 39.2 Å². The average molecular weight is 283 g/mol. The summed E-state index contributed by atoms with van der Waals surface area (Å²) in [6.45, 7) is 5.03. The average Bonchev–Trinajstić information content (AvgIpc) is 2.89. The summed E-state index contributed by atoms with van der Waals surface area (Å²) in [5.74, 6) is 1.09. The lowest BCUT2D eigenvalue weighted by Crippen LogP contribution is -2.41. The second kappa shape index (κ2) is 8.52. The zero-order valence-electron chi connectivity index (χ0n) is 11.1. The molecule has 1 aromatic heterocycles. The lowest BCUT2D eigenvalue weighted by Gasteiger charge is -2.22. The molecular weight excluding hydrogens is 262 g/mol. The zero-order chi connectivity index (χ0) is 13.3. The molecule has 1 atom stereocenters. The summed E-state index contributed by atoms with van der Waals surface area (Å²) in [6.07, 6.45) is 6.04. The van der Waals surface area contributed by atoms with E-state index in [1.807, 2.05) is 30.3 Å². The Morgan fingerprint density at radius 2 is 2.39 bits per heavy atom. The molecule has 1 rings (SSSR count). The maximum absolute atomic E-state index is 9.19. The minimum absolute atomic E-state index is 0.359. The molecule has 0 fully saturated rings. The number of thiazole rings is 1. The van der Waals surface area contributed by atoms with Gasteiger partial charge in [0.1, 0.15) is 9.88 Å². The van der Waals surface area contributed by atoms with Gasteiger partial charge in [-0.3, -0.25) is 5.32 Å². The SMILES string of the molecule is CCCNC(C)(C#N)CCCCSc1nccs1. The van der Waals surface area contributed by atoms with Crippen LogP contribution in [-0.2, 0) is 0 Å². The molecule has 0 aliphatic carbocycles. The molecule has 0 radical (unpaired) electrons. The fourth-order valence-electron chi connectivity index (χ4n) is 1.61. The minimum atomic E-state index is -0.359. The van der Waals surface area contributed by atoms with E-state index in [2.05, 4.69) is 23.3 Å². The van der Waals surface area contributed by atoms with Crippen molar-refractivity contribution in [3.63, 3.8) is 0 Å². The van der Waals surface area contributed by atoms with Crippen LogP contribution < -0.4 is 5.32 Å². The third-order valence-corrected chi connectivity index (χ3v) is 4.77. The molecule has 18 heavy (non-hydrogen) atoms. The number of nitrogens with zero attached hydrogens (tertiary/aromatic N) is 2. The molecule has 0 amide bonds. The van der Waals surface area contributed by atoms with E-state index < -0.39 is 0 Å². The van der Waals surface area contributed by atoms with Gasteiger partial charge >= 0.3 is 0 Å². The Kier molecular flexibility index (Phi) is 7.33. The van der Waals surface area contributed by atoms with Crippen molar-refractivity contribution in [3.8, 4) is 6.07 Å². The van der Waals surface area contributed by atoms with Gasteiger partial charge in [0.25, 0.3) is 0 Å². The smallest absolute Gasteiger partial charge is 0.149 e. The molecule has 0 aliphatic rings. The van der Waals surface area contributed by atoms with Crippen LogP contribution in [0.2, 0.25) is 0 Å². The Bertz CT molecular complexity index is 359. The van der Waals surface area contributed by atoms with Crippen LogP contribution in [0.1, 0.15) is 39.5 Å². The van der Waals surface area contributed by atoms with Gasteiger partial charge in [-0.1, -0.05) is 18.7 Å². The molecule has 0 aromatic carbocycles. The standard InChI is InChI=1S/C13H21N3S2/c1-3-7-16-13(2,11-14)6-4-5-9-17-12-15-8-10-18-12/h8,10,16H,3-7,9H2,1-2H3. The number of aromatic nitrogens is 1. The van der Waals surface area contributed by atoms with Crippen molar-refractivity contribution < 1.29 is 0 Å². The third kappa shape index (κ3) is 5.85. The van der Waals surface area contributed by atoms with Crippen molar-refractivity contribution in [2.75, 3.05) is 12.3 Å². The van der Waals surface area contributed by atoms with E-state index >= 15 is 0 Å². The molecule has 0 spiro atoms. The monoisotopic (exact) mass is 283 g/mol. The number of nitriles is 1. The quantitative estimate of drug-likeness (QED) is 0.555. The molecule has 0 saturated carbocycles. The van der Waals surface area contributed by atoms with E-state index in [1.54, 1.807) is 11.3 Å². The fraction of sp³-hybridized carbons (Fsp3) is 0.692. The molecule has 0 bridgehead atoms. The molecule has 1 unspecified atom stereocenters. The number of unbranched alkanes of at least 4 members (excludes halogenated alkanes) is 1. The summed E-state index contributed by atoms with van der Waals surface area (Å²) < 4.78 is 1.14. The number of hydrogen-bond acceptors (Lipinski definition) is 5. The van der Waals surface area contributed by atoms with Crippen LogP contribution in [0.15, 0.2) is 15.9 Å². The van der Waals surface area contributed by atoms with Crippen LogP contribution in [0.25, 0.3) is 0 Å². The first-order chi connectivity index (χ1) is 8.70. The molecule has 1 aromatic rings. The molecule has 0 aliphatic heterocycles. The molecule has 1 heterocycles. The van der Waals surface area contributed by atoms with Gasteiger partial charge in [0, 0.05) is 17.3 Å². The highest BCUT2D eigenvalue weighted by molar-refractivity contribution is 8.00. The second-order valence-corrected chi connectivity index (χ2v) is 6.71. The second-order valence-electron chi connectivity index (χ2n) is 4.47. The molecule has 1 N–H and O–H groups in total. The molecular formula is C13H21N3S2. The van der Waals surface area contributed by atoms with Crippen LogP contribution in [0.4, 0.5) is 0 Å². The maximum Gasteiger partial charge on any atom is 0.149 e. The maximum atomic E-state index is 9.19. The van der Waals surface area contributed by atoms with E-state index in [0.29, 0.717) is 0 Å². The zero-order valence-corrected chi connectivity index (χ0v) is 12.7. The van der Waals surface area contributed by atoms with E-state index in [-0.39, 0.29) is 5.54 Å². The predicted octanol–water partition coefficient (Wildman–Crippen LogP) is 3.69. The Balaban J connectivity index is 2.13. The minimum Gasteiger partial charge on any atom is -0.300 e. The van der Waals surface area contributed by atoms with E-state index in [9.17, 15) is 5.26 Å². The molecule has 3 nitrogen and oxygen atoms in total. The number of hydrogen-bond donors (Lipinski definition) is 1. The first-order valence-corrected chi connectivity index (χ1v) is 8.25. The van der Waals surface area contributed by atoms with E-state index in [1.165, 1.54) is 0 Å². The van der Waals surface area contributed by atoms with Crippen molar-refractivity contribution in [2.45, 2.75) is 49.4 Å². The van der Waals surface area contributed by atoms with Gasteiger partial charge in [0.05, 0.1) is 6.07 Å². The summed E-state index contributed by atoms with van der Waals surface area (Å²) in [6, 6.07) is 2.39. The predicted molar refractivity (Wildman–Crippen MR) is 79.0 cm³/mol. The normalized spacial score (nSPS) is 14.1. The highest BCUT2D eigenvalue weighted by Crippen LogP contribution is 2.22. The van der Waals surface area contributed by atoms with Crippen LogP contribution in [0.5, 0.6) is 0 Å². The summed E-state index contributed by atoms with van der Waals surface area (Å²) in [4.78, 5) is 4.24. The van der Waals surface area contributed by atoms with Gasteiger partial charge in [-0.15, -0.1) is 11.3 Å². The van der Waals surface area contributed by atoms with Crippen molar-refractivity contribution >= 4 is 23.1 Å². The number of thioether (sulfide) groups is 1. The van der Waals surface area contributed by atoms with Crippen molar-refractivity contribution in [3.05, 3.63) is 11.6 Å². The lowest BCUT2D eigenvalue weighted by atomic mass is 9.96. The van der Waals surface area contributed by atoms with Gasteiger partial charge in [-0.2, -0.15) is 5.26 Å². The Labute approximate surface area is 118 Å². The highest BCUT2D eigenvalue weighted by Gasteiger charge is 2.21. The van der Waals surface area contributed by atoms with Crippen LogP contribution in [0.3, 0.4) is 0 Å². The first kappa shape index (κ1) is 15.5. The molecule has 0 saturated heterocycles. The van der Waals surface area contributed by atoms with Gasteiger partial charge in [0.2, 0.25) is 0 Å². The third-order valence-electron chi connectivity index (χ3n) is 2.72. The van der Waals surface area contributed by atoms with Crippen LogP contribution >= 0.6 is 23.1 Å². The summed E-state index contributed by atoms with van der Waals surface area (Å²) in [5.41, 5.74) is -0.359. The number of nitrogens with one attached hydrogen (secondary N) is 1. The van der Waals surface area contributed by atoms with Gasteiger partial charge in [-0.25, -0.2) is 4.98 Å². The van der Waals surface area contributed by atoms with Crippen LogP contribution in [0, 0.1) is 11.3 Å². The number of rotatable bonds is 9. The van der Waals surface area contributed by atoms with Crippen molar-refractivity contribution in [1.82, 2.24) is 10.3 Å². The Hall–Kier alpha value is -0.570. The van der Waals surface area contributed by atoms with Crippen molar-refractivity contribution in [1.29, 1.82) is 5.26 Å². The summed E-state index contributed by atoms with van der Waals surface area (Å²) in [5, 5.41) is 14.5. The highest BCUT2D eigenvalue weighted by atomic mass is 32.2. The van der Waals surface area contributed by atoms with Crippen LogP contribution in [-0.4, -0.2) is 22.8 Å². The summed E-state index contributed by atoms with van der Waals surface area (Å²) >= 11 is 3.50.